The van der Waals surface area contributed by atoms with Gasteiger partial charge in [-0.3, -0.25) is 9.69 Å². The highest BCUT2D eigenvalue weighted by Crippen LogP contribution is 2.50. The highest BCUT2D eigenvalue weighted by molar-refractivity contribution is 5.74. The number of hydrogen-bond donors (Lipinski definition) is 1. The molecule has 0 spiro atoms. The second-order valence-corrected chi connectivity index (χ2v) is 7.80. The number of benzene rings is 2. The molecule has 0 amide bonds. The van der Waals surface area contributed by atoms with E-state index in [-0.39, 0.29) is 18.8 Å². The Balaban J connectivity index is 1.78. The van der Waals surface area contributed by atoms with Gasteiger partial charge in [-0.05, 0) is 54.8 Å². The van der Waals surface area contributed by atoms with Crippen LogP contribution in [0.25, 0.3) is 0 Å². The molecule has 0 aliphatic carbocycles. The van der Waals surface area contributed by atoms with Crippen LogP contribution in [0.3, 0.4) is 0 Å². The number of nitrogens with zero attached hydrogens (tertiary/aromatic N) is 1. The lowest BCUT2D eigenvalue weighted by atomic mass is 9.82. The van der Waals surface area contributed by atoms with Crippen molar-refractivity contribution in [2.45, 2.75) is 32.7 Å². The third kappa shape index (κ3) is 3.31. The van der Waals surface area contributed by atoms with E-state index in [2.05, 4.69) is 43.9 Å². The highest BCUT2D eigenvalue weighted by atomic mass is 16.7. The molecule has 0 bridgehead atoms. The summed E-state index contributed by atoms with van der Waals surface area (Å²) in [6.45, 7) is 7.80. The van der Waals surface area contributed by atoms with Crippen molar-refractivity contribution < 1.29 is 24.1 Å². The van der Waals surface area contributed by atoms with Gasteiger partial charge in [0.1, 0.15) is 0 Å². The number of hydrogen-bond acceptors (Lipinski definition) is 5. The predicted molar refractivity (Wildman–Crippen MR) is 109 cm³/mol. The SMILES string of the molecule is CCN1CC(c2cc(OC)c3c(c2)OCO3)C(C(=O)O)C1c1ccc(C)c(C)c1. The second-order valence-electron chi connectivity index (χ2n) is 7.80. The van der Waals surface area contributed by atoms with Crippen LogP contribution < -0.4 is 14.2 Å². The van der Waals surface area contributed by atoms with Crippen LogP contribution in [-0.2, 0) is 4.79 Å². The van der Waals surface area contributed by atoms with Crippen molar-refractivity contribution in [2.24, 2.45) is 5.92 Å². The van der Waals surface area contributed by atoms with Crippen molar-refractivity contribution in [1.29, 1.82) is 0 Å². The Morgan fingerprint density at radius 3 is 2.62 bits per heavy atom. The number of likely N-dealkylation sites (N-methyl/N-ethyl adjacent to an activating group) is 1. The first kappa shape index (κ1) is 19.6. The molecule has 3 atom stereocenters. The van der Waals surface area contributed by atoms with Crippen molar-refractivity contribution in [3.63, 3.8) is 0 Å². The van der Waals surface area contributed by atoms with Crippen LogP contribution in [0.2, 0.25) is 0 Å². The van der Waals surface area contributed by atoms with Gasteiger partial charge in [0.15, 0.2) is 11.5 Å². The summed E-state index contributed by atoms with van der Waals surface area (Å²) in [7, 11) is 1.58. The van der Waals surface area contributed by atoms with E-state index in [4.69, 9.17) is 14.2 Å². The maximum absolute atomic E-state index is 12.5. The van der Waals surface area contributed by atoms with Crippen LogP contribution in [0.1, 0.15) is 41.1 Å². The highest BCUT2D eigenvalue weighted by Gasteiger charge is 2.47. The number of methoxy groups -OCH3 is 1. The van der Waals surface area contributed by atoms with Crippen molar-refractivity contribution >= 4 is 5.97 Å². The molecule has 0 aromatic heterocycles. The molecule has 2 heterocycles. The maximum atomic E-state index is 12.5. The minimum atomic E-state index is -0.786. The third-order valence-corrected chi connectivity index (χ3v) is 6.27. The Hall–Kier alpha value is -2.73. The Kier molecular flexibility index (Phi) is 5.13. The number of likely N-dealkylation sites (tertiary alicyclic amines) is 1. The number of aliphatic carboxylic acids is 1. The summed E-state index contributed by atoms with van der Waals surface area (Å²) in [6.07, 6.45) is 0. The summed E-state index contributed by atoms with van der Waals surface area (Å²) in [5.74, 6) is 0.243. The van der Waals surface area contributed by atoms with Gasteiger partial charge in [-0.1, -0.05) is 25.1 Å². The molecule has 6 heteroatoms. The van der Waals surface area contributed by atoms with Gasteiger partial charge in [0.25, 0.3) is 0 Å². The number of carboxylic acids is 1. The Morgan fingerprint density at radius 2 is 1.97 bits per heavy atom. The number of fused-ring (bicyclic) bond motifs is 1. The fraction of sp³-hybridized carbons (Fsp3) is 0.435. The summed E-state index contributed by atoms with van der Waals surface area (Å²) < 4.78 is 16.5. The molecule has 1 saturated heterocycles. The van der Waals surface area contributed by atoms with E-state index in [9.17, 15) is 9.90 Å². The van der Waals surface area contributed by atoms with Crippen LogP contribution >= 0.6 is 0 Å². The first-order chi connectivity index (χ1) is 13.9. The van der Waals surface area contributed by atoms with Crippen LogP contribution in [0.4, 0.5) is 0 Å². The van der Waals surface area contributed by atoms with E-state index in [1.54, 1.807) is 7.11 Å². The van der Waals surface area contributed by atoms with Gasteiger partial charge in [0, 0.05) is 18.5 Å². The molecule has 4 rings (SSSR count). The second kappa shape index (κ2) is 7.59. The van der Waals surface area contributed by atoms with Gasteiger partial charge in [-0.15, -0.1) is 0 Å². The molecule has 0 saturated carbocycles. The minimum Gasteiger partial charge on any atom is -0.493 e. The monoisotopic (exact) mass is 397 g/mol. The fourth-order valence-electron chi connectivity index (χ4n) is 4.60. The average Bonchev–Trinajstić information content (AvgIpc) is 3.33. The smallest absolute Gasteiger partial charge is 0.309 e. The van der Waals surface area contributed by atoms with Crippen molar-refractivity contribution in [2.75, 3.05) is 27.0 Å². The van der Waals surface area contributed by atoms with Crippen LogP contribution in [-0.4, -0.2) is 43.0 Å². The Bertz CT molecular complexity index is 941. The van der Waals surface area contributed by atoms with E-state index in [0.717, 1.165) is 17.7 Å². The number of carboxylic acid groups (broad SMARTS) is 1. The Morgan fingerprint density at radius 1 is 1.17 bits per heavy atom. The molecule has 29 heavy (non-hydrogen) atoms. The molecule has 3 unspecified atom stereocenters. The minimum absolute atomic E-state index is 0.147. The molecule has 2 aromatic rings. The first-order valence-electron chi connectivity index (χ1n) is 9.96. The molecule has 6 nitrogen and oxygen atoms in total. The van der Waals surface area contributed by atoms with Gasteiger partial charge in [0.05, 0.1) is 13.0 Å². The zero-order valence-electron chi connectivity index (χ0n) is 17.3. The van der Waals surface area contributed by atoms with E-state index in [1.165, 1.54) is 11.1 Å². The third-order valence-electron chi connectivity index (χ3n) is 6.27. The normalized spacial score (nSPS) is 23.4. The first-order valence-corrected chi connectivity index (χ1v) is 9.96. The zero-order valence-corrected chi connectivity index (χ0v) is 17.3. The van der Waals surface area contributed by atoms with Crippen LogP contribution in [0.5, 0.6) is 17.2 Å². The lowest BCUT2D eigenvalue weighted by Crippen LogP contribution is -2.28. The summed E-state index contributed by atoms with van der Waals surface area (Å²) in [5.41, 5.74) is 4.34. The summed E-state index contributed by atoms with van der Waals surface area (Å²) in [6, 6.07) is 9.88. The molecule has 2 aliphatic heterocycles. The van der Waals surface area contributed by atoms with Crippen molar-refractivity contribution in [1.82, 2.24) is 4.90 Å². The summed E-state index contributed by atoms with van der Waals surface area (Å²) in [5, 5.41) is 10.2. The van der Waals surface area contributed by atoms with E-state index in [1.807, 2.05) is 12.1 Å². The van der Waals surface area contributed by atoms with Crippen molar-refractivity contribution in [3.05, 3.63) is 52.6 Å². The van der Waals surface area contributed by atoms with Gasteiger partial charge in [0.2, 0.25) is 12.5 Å². The maximum Gasteiger partial charge on any atom is 0.309 e. The molecule has 2 aliphatic rings. The van der Waals surface area contributed by atoms with Crippen molar-refractivity contribution in [3.8, 4) is 17.2 Å². The lowest BCUT2D eigenvalue weighted by molar-refractivity contribution is -0.143. The number of rotatable bonds is 5. The topological polar surface area (TPSA) is 68.2 Å². The Labute approximate surface area is 171 Å². The number of aryl methyl sites for hydroxylation is 2. The average molecular weight is 397 g/mol. The lowest BCUT2D eigenvalue weighted by Gasteiger charge is -2.26. The van der Waals surface area contributed by atoms with Gasteiger partial charge in [-0.25, -0.2) is 0 Å². The molecule has 1 N–H and O–H groups in total. The zero-order chi connectivity index (χ0) is 20.7. The van der Waals surface area contributed by atoms with Gasteiger partial charge in [-0.2, -0.15) is 0 Å². The molecular formula is C23H27NO5. The summed E-state index contributed by atoms with van der Waals surface area (Å²) >= 11 is 0. The molecule has 2 aromatic carbocycles. The molecule has 0 radical (unpaired) electrons. The van der Waals surface area contributed by atoms with Crippen LogP contribution in [0.15, 0.2) is 30.3 Å². The number of carbonyl (C=O) groups is 1. The fourth-order valence-corrected chi connectivity index (χ4v) is 4.60. The quantitative estimate of drug-likeness (QED) is 0.825. The number of ether oxygens (including phenoxy) is 3. The van der Waals surface area contributed by atoms with E-state index in [0.29, 0.717) is 23.8 Å². The molecule has 1 fully saturated rings. The van der Waals surface area contributed by atoms with Gasteiger partial charge < -0.3 is 19.3 Å². The van der Waals surface area contributed by atoms with Crippen LogP contribution in [0, 0.1) is 19.8 Å². The summed E-state index contributed by atoms with van der Waals surface area (Å²) in [4.78, 5) is 14.7. The predicted octanol–water partition coefficient (Wildman–Crippen LogP) is 3.90. The standard InChI is InChI=1S/C23H27NO5/c1-5-24-11-17(16-9-18(27-4)22-19(10-16)28-12-29-22)20(23(25)26)21(24)15-7-6-13(2)14(3)8-15/h6-10,17,20-21H,5,11-12H2,1-4H3,(H,25,26). The van der Waals surface area contributed by atoms with E-state index >= 15 is 0 Å². The largest absolute Gasteiger partial charge is 0.493 e. The van der Waals surface area contributed by atoms with Gasteiger partial charge >= 0.3 is 5.97 Å². The molecule has 154 valence electrons. The molecular weight excluding hydrogens is 370 g/mol. The van der Waals surface area contributed by atoms with E-state index < -0.39 is 11.9 Å².